The van der Waals surface area contributed by atoms with Crippen LogP contribution < -0.4 is 0 Å². The summed E-state index contributed by atoms with van der Waals surface area (Å²) in [5.41, 5.74) is 3.65. The first kappa shape index (κ1) is 19.0. The molecule has 1 N–H and O–H groups in total. The van der Waals surface area contributed by atoms with Crippen molar-refractivity contribution in [3.63, 3.8) is 0 Å². The summed E-state index contributed by atoms with van der Waals surface area (Å²) in [6.45, 7) is 0. The predicted molar refractivity (Wildman–Crippen MR) is 121 cm³/mol. The molecule has 4 rings (SSSR count). The lowest BCUT2D eigenvalue weighted by Gasteiger charge is -2.03. The summed E-state index contributed by atoms with van der Waals surface area (Å²) in [5.74, 6) is 0.634. The van der Waals surface area contributed by atoms with Gasteiger partial charge < -0.3 is 0 Å². The monoisotopic (exact) mass is 513 g/mol. The van der Waals surface area contributed by atoms with Crippen molar-refractivity contribution in [3.05, 3.63) is 68.6 Å². The summed E-state index contributed by atoms with van der Waals surface area (Å²) < 4.78 is 3.64. The second-order valence-electron chi connectivity index (χ2n) is 5.83. The van der Waals surface area contributed by atoms with E-state index in [1.807, 2.05) is 54.8 Å². The Kier molecular flexibility index (Phi) is 5.40. The van der Waals surface area contributed by atoms with Crippen molar-refractivity contribution in [1.29, 1.82) is 5.26 Å². The zero-order chi connectivity index (χ0) is 19.7. The van der Waals surface area contributed by atoms with Crippen LogP contribution in [0.15, 0.2) is 67.5 Å². The molecule has 4 aromatic rings. The summed E-state index contributed by atoms with van der Waals surface area (Å²) in [6.07, 6.45) is 3.71. The molecule has 0 unspecified atom stereocenters. The Morgan fingerprint density at radius 2 is 1.86 bits per heavy atom. The molecule has 2 heterocycles. The van der Waals surface area contributed by atoms with E-state index in [4.69, 9.17) is 9.98 Å². The number of nitriles is 1. The van der Waals surface area contributed by atoms with Gasteiger partial charge in [0.25, 0.3) is 0 Å². The lowest BCUT2D eigenvalue weighted by Crippen LogP contribution is -1.88. The van der Waals surface area contributed by atoms with Crippen LogP contribution in [-0.2, 0) is 0 Å². The third-order valence-electron chi connectivity index (χ3n) is 4.19. The van der Waals surface area contributed by atoms with Gasteiger partial charge in [-0.15, -0.1) is 11.8 Å². The molecule has 138 valence electrons. The van der Waals surface area contributed by atoms with E-state index in [-0.39, 0.29) is 0 Å². The number of benzene rings is 2. The Morgan fingerprint density at radius 1 is 1.14 bits per heavy atom. The molecule has 2 aromatic heterocycles. The average molecular weight is 515 g/mol. The molecular formula is C20H13Br2N5S. The molecule has 28 heavy (non-hydrogen) atoms. The first-order chi connectivity index (χ1) is 13.6. The number of rotatable bonds is 4. The first-order valence-corrected chi connectivity index (χ1v) is 11.1. The lowest BCUT2D eigenvalue weighted by atomic mass is 10.1. The number of hydrogen-bond donors (Lipinski definition) is 1. The maximum Gasteiger partial charge on any atom is 0.180 e. The highest BCUT2D eigenvalue weighted by Gasteiger charge is 2.21. The fourth-order valence-electron chi connectivity index (χ4n) is 2.86. The molecule has 0 spiro atoms. The van der Waals surface area contributed by atoms with E-state index in [0.29, 0.717) is 22.7 Å². The number of hydrogen-bond acceptors (Lipinski definition) is 4. The fourth-order valence-corrected chi connectivity index (χ4v) is 4.24. The molecule has 0 aliphatic carbocycles. The maximum atomic E-state index is 9.62. The van der Waals surface area contributed by atoms with Crippen molar-refractivity contribution < 1.29 is 0 Å². The standard InChI is InChI=1S/C20H13Br2N5S/c1-28-20-14(10-23)18-25-17(13-7-3-5-9-16(13)22)19(27(18)26-20)24-11-12-6-2-4-8-15(12)21/h2-9,11,26H,1H3. The third kappa shape index (κ3) is 3.30. The van der Waals surface area contributed by atoms with E-state index in [9.17, 15) is 5.26 Å². The Hall–Kier alpha value is -2.34. The number of aromatic nitrogens is 3. The number of halogens is 2. The van der Waals surface area contributed by atoms with Crippen LogP contribution >= 0.6 is 43.6 Å². The fraction of sp³-hybridized carbons (Fsp3) is 0.0500. The molecule has 0 saturated carbocycles. The van der Waals surface area contributed by atoms with Gasteiger partial charge in [-0.05, 0) is 18.4 Å². The van der Waals surface area contributed by atoms with Crippen molar-refractivity contribution in [2.75, 3.05) is 6.26 Å². The van der Waals surface area contributed by atoms with Gasteiger partial charge in [-0.25, -0.2) is 14.5 Å². The van der Waals surface area contributed by atoms with E-state index in [1.54, 1.807) is 10.7 Å². The number of aromatic amines is 1. The van der Waals surface area contributed by atoms with Crippen LogP contribution in [0.2, 0.25) is 0 Å². The maximum absolute atomic E-state index is 9.62. The highest BCUT2D eigenvalue weighted by Crippen LogP contribution is 2.37. The van der Waals surface area contributed by atoms with Gasteiger partial charge in [0.15, 0.2) is 11.5 Å². The van der Waals surface area contributed by atoms with E-state index in [1.165, 1.54) is 11.8 Å². The number of imidazole rings is 1. The predicted octanol–water partition coefficient (Wildman–Crippen LogP) is 6.20. The molecule has 0 aliphatic heterocycles. The number of nitrogens with one attached hydrogen (secondary N) is 1. The summed E-state index contributed by atoms with van der Waals surface area (Å²) in [5, 5.41) is 13.6. The Morgan fingerprint density at radius 3 is 2.54 bits per heavy atom. The van der Waals surface area contributed by atoms with Gasteiger partial charge in [0.1, 0.15) is 22.4 Å². The molecular weight excluding hydrogens is 502 g/mol. The van der Waals surface area contributed by atoms with E-state index < -0.39 is 0 Å². The summed E-state index contributed by atoms with van der Waals surface area (Å²) >= 11 is 8.62. The first-order valence-electron chi connectivity index (χ1n) is 8.26. The number of fused-ring (bicyclic) bond motifs is 1. The molecule has 0 fully saturated rings. The molecule has 0 bridgehead atoms. The van der Waals surface area contributed by atoms with Gasteiger partial charge in [-0.1, -0.05) is 68.3 Å². The summed E-state index contributed by atoms with van der Waals surface area (Å²) in [6, 6.07) is 18.0. The quantitative estimate of drug-likeness (QED) is 0.260. The Labute approximate surface area is 182 Å². The van der Waals surface area contributed by atoms with E-state index >= 15 is 0 Å². The number of aliphatic imine (C=N–C) groups is 1. The number of nitrogens with zero attached hydrogens (tertiary/aromatic N) is 4. The van der Waals surface area contributed by atoms with E-state index in [0.717, 1.165) is 25.1 Å². The molecule has 0 radical (unpaired) electrons. The van der Waals surface area contributed by atoms with Crippen LogP contribution in [0.4, 0.5) is 5.82 Å². The zero-order valence-electron chi connectivity index (χ0n) is 14.6. The van der Waals surface area contributed by atoms with Crippen molar-refractivity contribution in [3.8, 4) is 17.3 Å². The Bertz CT molecular complexity index is 1250. The van der Waals surface area contributed by atoms with Crippen molar-refractivity contribution in [2.45, 2.75) is 5.03 Å². The topological polar surface area (TPSA) is 69.2 Å². The molecule has 5 nitrogen and oxygen atoms in total. The molecule has 8 heteroatoms. The lowest BCUT2D eigenvalue weighted by molar-refractivity contribution is 0.909. The highest BCUT2D eigenvalue weighted by atomic mass is 79.9. The van der Waals surface area contributed by atoms with Gasteiger partial charge in [0.2, 0.25) is 0 Å². The highest BCUT2D eigenvalue weighted by molar-refractivity contribution is 9.10. The normalized spacial score (nSPS) is 11.4. The number of H-pyrrole nitrogens is 1. The summed E-state index contributed by atoms with van der Waals surface area (Å²) in [4.78, 5) is 9.50. The largest absolute Gasteiger partial charge is 0.283 e. The van der Waals surface area contributed by atoms with Gasteiger partial charge >= 0.3 is 0 Å². The summed E-state index contributed by atoms with van der Waals surface area (Å²) in [7, 11) is 0. The van der Waals surface area contributed by atoms with Crippen LogP contribution in [0.25, 0.3) is 16.9 Å². The van der Waals surface area contributed by atoms with Crippen LogP contribution in [0.5, 0.6) is 0 Å². The second-order valence-corrected chi connectivity index (χ2v) is 8.36. The van der Waals surface area contributed by atoms with Gasteiger partial charge in [0.05, 0.1) is 0 Å². The second kappa shape index (κ2) is 7.95. The minimum absolute atomic E-state index is 0.517. The van der Waals surface area contributed by atoms with Crippen LogP contribution in [0, 0.1) is 11.3 Å². The Balaban J connectivity index is 1.97. The minimum Gasteiger partial charge on any atom is -0.283 e. The molecule has 0 atom stereocenters. The van der Waals surface area contributed by atoms with Crippen molar-refractivity contribution in [2.24, 2.45) is 4.99 Å². The molecule has 0 saturated heterocycles. The SMILES string of the molecule is CSc1[nH]n2c(N=Cc3ccccc3Br)c(-c3ccccc3Br)nc2c1C#N. The van der Waals surface area contributed by atoms with Crippen molar-refractivity contribution in [1.82, 2.24) is 14.6 Å². The minimum atomic E-state index is 0.517. The van der Waals surface area contributed by atoms with Gasteiger partial charge in [-0.2, -0.15) is 5.26 Å². The average Bonchev–Trinajstić information content (AvgIpc) is 3.23. The smallest absolute Gasteiger partial charge is 0.180 e. The van der Waals surface area contributed by atoms with E-state index in [2.05, 4.69) is 43.0 Å². The molecule has 2 aromatic carbocycles. The van der Waals surface area contributed by atoms with Gasteiger partial charge in [-0.3, -0.25) is 5.10 Å². The van der Waals surface area contributed by atoms with Crippen molar-refractivity contribution >= 4 is 61.3 Å². The van der Waals surface area contributed by atoms with Crippen LogP contribution in [0.3, 0.4) is 0 Å². The van der Waals surface area contributed by atoms with Gasteiger partial charge in [0, 0.05) is 26.3 Å². The van der Waals surface area contributed by atoms with Crippen LogP contribution in [0.1, 0.15) is 11.1 Å². The molecule has 0 aliphatic rings. The molecule has 0 amide bonds. The number of thioether (sulfide) groups is 1. The third-order valence-corrected chi connectivity index (χ3v) is 6.31. The van der Waals surface area contributed by atoms with Crippen LogP contribution in [-0.4, -0.2) is 27.1 Å². The zero-order valence-corrected chi connectivity index (χ0v) is 18.6.